The third kappa shape index (κ3) is 4.77. The van der Waals surface area contributed by atoms with Gasteiger partial charge in [0, 0.05) is 21.6 Å². The van der Waals surface area contributed by atoms with E-state index in [1.165, 1.54) is 0 Å². The van der Waals surface area contributed by atoms with Crippen molar-refractivity contribution in [1.82, 2.24) is 9.55 Å². The first-order chi connectivity index (χ1) is 13.6. The predicted octanol–water partition coefficient (Wildman–Crippen LogP) is 6.94. The van der Waals surface area contributed by atoms with Gasteiger partial charge in [0.1, 0.15) is 5.82 Å². The van der Waals surface area contributed by atoms with Crippen LogP contribution in [0.2, 0.25) is 10.0 Å². The minimum atomic E-state index is -0.469. The van der Waals surface area contributed by atoms with Crippen LogP contribution < -0.4 is 0 Å². The Morgan fingerprint density at radius 2 is 1.75 bits per heavy atom. The smallest absolute Gasteiger partial charge is 0.358 e. The fraction of sp³-hybridized carbons (Fsp3) is 0.238. The molecule has 0 aliphatic heterocycles. The average Bonchev–Trinajstić information content (AvgIpc) is 3.10. The molecule has 0 aliphatic rings. The van der Waals surface area contributed by atoms with Gasteiger partial charge in [0.2, 0.25) is 0 Å². The number of alkyl halides is 1. The molecule has 1 heterocycles. The molecule has 0 saturated heterocycles. The number of rotatable bonds is 5. The fourth-order valence-corrected chi connectivity index (χ4v) is 3.49. The zero-order chi connectivity index (χ0) is 20.7. The number of hydrogen-bond acceptors (Lipinski definition) is 3. The minimum absolute atomic E-state index is 0.258. The van der Waals surface area contributed by atoms with Gasteiger partial charge < -0.3 is 4.74 Å². The number of benzene rings is 2. The summed E-state index contributed by atoms with van der Waals surface area (Å²) in [5.74, 6) is 0.0957. The summed E-state index contributed by atoms with van der Waals surface area (Å²) < 4.78 is 7.06. The monoisotopic (exact) mass is 482 g/mol. The van der Waals surface area contributed by atoms with E-state index in [0.717, 1.165) is 11.3 Å². The Bertz CT molecular complexity index is 940. The van der Waals surface area contributed by atoms with Crippen LogP contribution in [0.5, 0.6) is 0 Å². The highest BCUT2D eigenvalue weighted by Gasteiger charge is 2.25. The highest BCUT2D eigenvalue weighted by atomic mass is 79.9. The van der Waals surface area contributed by atoms with Crippen molar-refractivity contribution in [2.75, 3.05) is 6.61 Å². The minimum Gasteiger partial charge on any atom is -0.461 e. The number of carbonyl (C=O) groups excluding carboxylic acids is 1. The molecule has 28 heavy (non-hydrogen) atoms. The molecule has 3 rings (SSSR count). The Kier molecular flexibility index (Phi) is 8.55. The lowest BCUT2D eigenvalue weighted by molar-refractivity contribution is 0.0519. The van der Waals surface area contributed by atoms with Crippen molar-refractivity contribution >= 4 is 45.1 Å². The lowest BCUT2D eigenvalue weighted by atomic mass is 10.2. The predicted molar refractivity (Wildman–Crippen MR) is 119 cm³/mol. The molecule has 0 radical (unpaired) electrons. The molecule has 0 spiro atoms. The van der Waals surface area contributed by atoms with E-state index in [1.54, 1.807) is 25.1 Å². The molecule has 2 aromatic carbocycles. The molecular formula is C21H21BrCl2N2O2. The number of ether oxygens (including phenoxy) is 1. The molecule has 148 valence electrons. The summed E-state index contributed by atoms with van der Waals surface area (Å²) in [6.07, 6.45) is 0. The standard InChI is InChI=1S/C19H15BrCl2N2O2.C2H6/c1-2-26-19(25)17-16(11-20)24(13-9-7-12(21)8-10-13)18(23-17)14-5-3-4-6-15(14)22;1-2/h3-10H,2,11H2,1H3;1-2H3. The van der Waals surface area contributed by atoms with E-state index in [9.17, 15) is 4.79 Å². The van der Waals surface area contributed by atoms with Gasteiger partial charge in [-0.05, 0) is 43.3 Å². The second-order valence-corrected chi connectivity index (χ2v) is 6.78. The molecule has 0 bridgehead atoms. The van der Waals surface area contributed by atoms with Gasteiger partial charge in [-0.3, -0.25) is 4.57 Å². The van der Waals surface area contributed by atoms with Crippen LogP contribution in [-0.4, -0.2) is 22.1 Å². The number of nitrogens with zero attached hydrogens (tertiary/aromatic N) is 2. The van der Waals surface area contributed by atoms with Gasteiger partial charge in [-0.1, -0.05) is 65.1 Å². The van der Waals surface area contributed by atoms with Crippen molar-refractivity contribution in [2.45, 2.75) is 26.1 Å². The zero-order valence-electron chi connectivity index (χ0n) is 15.9. The molecule has 0 amide bonds. The first-order valence-electron chi connectivity index (χ1n) is 8.92. The Morgan fingerprint density at radius 3 is 2.32 bits per heavy atom. The molecule has 7 heteroatoms. The normalized spacial score (nSPS) is 10.2. The van der Waals surface area contributed by atoms with Crippen molar-refractivity contribution in [1.29, 1.82) is 0 Å². The van der Waals surface area contributed by atoms with Crippen LogP contribution in [0.25, 0.3) is 17.1 Å². The summed E-state index contributed by atoms with van der Waals surface area (Å²) in [4.78, 5) is 17.0. The molecule has 0 unspecified atom stereocenters. The topological polar surface area (TPSA) is 44.1 Å². The maximum Gasteiger partial charge on any atom is 0.358 e. The average molecular weight is 484 g/mol. The van der Waals surface area contributed by atoms with Crippen LogP contribution in [-0.2, 0) is 10.1 Å². The molecule has 1 aromatic heterocycles. The lowest BCUT2D eigenvalue weighted by Crippen LogP contribution is -2.09. The van der Waals surface area contributed by atoms with Gasteiger partial charge >= 0.3 is 5.97 Å². The van der Waals surface area contributed by atoms with Crippen LogP contribution in [0.1, 0.15) is 37.0 Å². The van der Waals surface area contributed by atoms with Gasteiger partial charge in [-0.2, -0.15) is 0 Å². The van der Waals surface area contributed by atoms with Crippen molar-refractivity contribution < 1.29 is 9.53 Å². The summed E-state index contributed by atoms with van der Waals surface area (Å²) in [6, 6.07) is 14.7. The number of halogens is 3. The summed E-state index contributed by atoms with van der Waals surface area (Å²) in [5, 5.41) is 1.59. The van der Waals surface area contributed by atoms with E-state index >= 15 is 0 Å². The summed E-state index contributed by atoms with van der Waals surface area (Å²) in [7, 11) is 0. The van der Waals surface area contributed by atoms with Crippen LogP contribution in [0.4, 0.5) is 0 Å². The number of hydrogen-bond donors (Lipinski definition) is 0. The largest absolute Gasteiger partial charge is 0.461 e. The Morgan fingerprint density at radius 1 is 1.11 bits per heavy atom. The zero-order valence-corrected chi connectivity index (χ0v) is 19.0. The summed E-state index contributed by atoms with van der Waals surface area (Å²) in [5.41, 5.74) is 2.48. The van der Waals surface area contributed by atoms with Crippen molar-refractivity contribution in [3.8, 4) is 17.1 Å². The maximum atomic E-state index is 12.4. The number of aromatic nitrogens is 2. The quantitative estimate of drug-likeness (QED) is 0.291. The van der Waals surface area contributed by atoms with Crippen LogP contribution in [0.3, 0.4) is 0 Å². The van der Waals surface area contributed by atoms with Crippen LogP contribution >= 0.6 is 39.1 Å². The molecule has 3 aromatic rings. The van der Waals surface area contributed by atoms with Gasteiger partial charge in [0.25, 0.3) is 0 Å². The highest BCUT2D eigenvalue weighted by molar-refractivity contribution is 9.08. The van der Waals surface area contributed by atoms with E-state index in [4.69, 9.17) is 27.9 Å². The SMILES string of the molecule is CC.CCOC(=O)c1nc(-c2ccccc2Cl)n(-c2ccc(Cl)cc2)c1CBr. The van der Waals surface area contributed by atoms with E-state index in [0.29, 0.717) is 26.9 Å². The van der Waals surface area contributed by atoms with Gasteiger partial charge in [0.15, 0.2) is 5.69 Å². The third-order valence-corrected chi connectivity index (χ3v) is 4.88. The second kappa shape index (κ2) is 10.6. The third-order valence-electron chi connectivity index (χ3n) is 3.77. The first kappa shape index (κ1) is 22.5. The summed E-state index contributed by atoms with van der Waals surface area (Å²) in [6.45, 7) is 6.03. The molecule has 0 aliphatic carbocycles. The Balaban J connectivity index is 0.00000136. The molecule has 0 N–H and O–H groups in total. The van der Waals surface area contributed by atoms with Crippen LogP contribution in [0, 0.1) is 0 Å². The Labute approximate surface area is 183 Å². The molecule has 0 fully saturated rings. The summed E-state index contributed by atoms with van der Waals surface area (Å²) >= 11 is 15.9. The number of carbonyl (C=O) groups is 1. The molecule has 0 saturated carbocycles. The lowest BCUT2D eigenvalue weighted by Gasteiger charge is -2.12. The number of imidazole rings is 1. The van der Waals surface area contributed by atoms with Crippen molar-refractivity contribution in [3.63, 3.8) is 0 Å². The van der Waals surface area contributed by atoms with Gasteiger partial charge in [-0.15, -0.1) is 0 Å². The Hall–Kier alpha value is -1.82. The number of esters is 1. The molecule has 0 atom stereocenters. The fourth-order valence-electron chi connectivity index (χ4n) is 2.63. The van der Waals surface area contributed by atoms with Crippen molar-refractivity contribution in [2.24, 2.45) is 0 Å². The van der Waals surface area contributed by atoms with Crippen molar-refractivity contribution in [3.05, 3.63) is 70.0 Å². The van der Waals surface area contributed by atoms with E-state index in [2.05, 4.69) is 20.9 Å². The van der Waals surface area contributed by atoms with Crippen LogP contribution in [0.15, 0.2) is 48.5 Å². The highest BCUT2D eigenvalue weighted by Crippen LogP contribution is 2.33. The molecular weight excluding hydrogens is 463 g/mol. The molecule has 4 nitrogen and oxygen atoms in total. The maximum absolute atomic E-state index is 12.4. The van der Waals surface area contributed by atoms with E-state index in [-0.39, 0.29) is 12.3 Å². The van der Waals surface area contributed by atoms with Gasteiger partial charge in [0.05, 0.1) is 17.3 Å². The van der Waals surface area contributed by atoms with Gasteiger partial charge in [-0.25, -0.2) is 9.78 Å². The second-order valence-electron chi connectivity index (χ2n) is 5.38. The van der Waals surface area contributed by atoms with E-state index in [1.807, 2.05) is 48.7 Å². The first-order valence-corrected chi connectivity index (χ1v) is 10.8. The van der Waals surface area contributed by atoms with E-state index < -0.39 is 5.97 Å².